The van der Waals surface area contributed by atoms with E-state index < -0.39 is 40.2 Å². The molecule has 98 valence electrons. The van der Waals surface area contributed by atoms with Crippen molar-refractivity contribution in [3.63, 3.8) is 0 Å². The molecular weight excluding hydrogens is 248 g/mol. The van der Waals surface area contributed by atoms with Gasteiger partial charge in [-0.1, -0.05) is 0 Å². The summed E-state index contributed by atoms with van der Waals surface area (Å²) in [5, 5.41) is 21.5. The first-order chi connectivity index (χ1) is 8.27. The molecule has 1 rings (SSSR count). The minimum Gasteiger partial charge on any atom is -0.480 e. The number of nitrogens with zero attached hydrogens (tertiary/aromatic N) is 3. The summed E-state index contributed by atoms with van der Waals surface area (Å²) in [4.78, 5) is 43.3. The zero-order valence-corrected chi connectivity index (χ0v) is 9.54. The van der Waals surface area contributed by atoms with E-state index in [0.29, 0.717) is 4.57 Å². The summed E-state index contributed by atoms with van der Waals surface area (Å²) < 4.78 is 1.38. The van der Waals surface area contributed by atoms with Gasteiger partial charge in [-0.15, -0.1) is 0 Å². The van der Waals surface area contributed by atoms with Gasteiger partial charge in [-0.05, 0) is 0 Å². The van der Waals surface area contributed by atoms with Crippen LogP contribution in [0.5, 0.6) is 0 Å². The van der Waals surface area contributed by atoms with Gasteiger partial charge in [0.15, 0.2) is 5.82 Å². The van der Waals surface area contributed by atoms with E-state index in [4.69, 9.17) is 5.11 Å². The lowest BCUT2D eigenvalue weighted by Crippen LogP contribution is -2.39. The average Bonchev–Trinajstić information content (AvgIpc) is 2.28. The van der Waals surface area contributed by atoms with E-state index in [1.54, 1.807) is 0 Å². The van der Waals surface area contributed by atoms with Crippen molar-refractivity contribution in [1.29, 1.82) is 0 Å². The summed E-state index contributed by atoms with van der Waals surface area (Å²) in [6.07, 6.45) is 0. The predicted octanol–water partition coefficient (Wildman–Crippen LogP) is -1.51. The van der Waals surface area contributed by atoms with Crippen molar-refractivity contribution < 1.29 is 14.8 Å². The Morgan fingerprint density at radius 2 is 1.94 bits per heavy atom. The highest BCUT2D eigenvalue weighted by molar-refractivity contribution is 5.73. The summed E-state index contributed by atoms with van der Waals surface area (Å²) in [5.41, 5.74) is -2.77. The fraction of sp³-hybridized carbons (Fsp3) is 0.375. The molecule has 0 amide bonds. The smallest absolute Gasteiger partial charge is 0.374 e. The Morgan fingerprint density at radius 3 is 2.39 bits per heavy atom. The van der Waals surface area contributed by atoms with E-state index in [1.807, 2.05) is 0 Å². The molecular formula is C8H10N4O6. The highest BCUT2D eigenvalue weighted by atomic mass is 16.6. The zero-order valence-electron chi connectivity index (χ0n) is 9.54. The Labute approximate surface area is 99.2 Å². The summed E-state index contributed by atoms with van der Waals surface area (Å²) in [6.45, 7) is -0.652. The molecule has 0 unspecified atom stereocenters. The Balaban J connectivity index is 3.56. The number of carboxylic acid groups (broad SMARTS) is 1. The number of rotatable bonds is 4. The normalized spacial score (nSPS) is 10.1. The maximum Gasteiger partial charge on any atom is 0.374 e. The number of hydrogen-bond acceptors (Lipinski definition) is 6. The maximum absolute atomic E-state index is 11.6. The van der Waals surface area contributed by atoms with E-state index in [1.165, 1.54) is 7.05 Å². The van der Waals surface area contributed by atoms with Crippen LogP contribution in [0.4, 0.5) is 11.5 Å². The monoisotopic (exact) mass is 258 g/mol. The van der Waals surface area contributed by atoms with Crippen LogP contribution in [-0.4, -0.2) is 31.7 Å². The van der Waals surface area contributed by atoms with Crippen LogP contribution in [0.25, 0.3) is 0 Å². The quantitative estimate of drug-likeness (QED) is 0.494. The number of carboxylic acids is 1. The van der Waals surface area contributed by atoms with Crippen molar-refractivity contribution >= 4 is 17.5 Å². The molecule has 2 N–H and O–H groups in total. The molecule has 0 aliphatic carbocycles. The molecule has 0 aliphatic heterocycles. The molecule has 10 nitrogen and oxygen atoms in total. The van der Waals surface area contributed by atoms with Gasteiger partial charge in [-0.3, -0.25) is 28.8 Å². The summed E-state index contributed by atoms with van der Waals surface area (Å²) >= 11 is 0. The average molecular weight is 258 g/mol. The molecule has 0 radical (unpaired) electrons. The number of nitro groups is 1. The van der Waals surface area contributed by atoms with E-state index in [9.17, 15) is 24.5 Å². The number of anilines is 1. The predicted molar refractivity (Wildman–Crippen MR) is 59.7 cm³/mol. The molecule has 0 saturated carbocycles. The van der Waals surface area contributed by atoms with Crippen LogP contribution in [0.3, 0.4) is 0 Å². The lowest BCUT2D eigenvalue weighted by atomic mass is 10.4. The van der Waals surface area contributed by atoms with E-state index in [0.717, 1.165) is 11.6 Å². The summed E-state index contributed by atoms with van der Waals surface area (Å²) in [5.74, 6) is -1.71. The van der Waals surface area contributed by atoms with Crippen molar-refractivity contribution in [3.8, 4) is 0 Å². The first kappa shape index (κ1) is 13.4. The van der Waals surface area contributed by atoms with Crippen molar-refractivity contribution in [1.82, 2.24) is 9.13 Å². The van der Waals surface area contributed by atoms with Crippen LogP contribution in [-0.2, 0) is 18.9 Å². The topological polar surface area (TPSA) is 136 Å². The third-order valence-electron chi connectivity index (χ3n) is 2.23. The minimum atomic E-state index is -1.28. The van der Waals surface area contributed by atoms with Gasteiger partial charge < -0.3 is 10.4 Å². The van der Waals surface area contributed by atoms with Gasteiger partial charge in [0.2, 0.25) is 0 Å². The van der Waals surface area contributed by atoms with Gasteiger partial charge in [0, 0.05) is 14.1 Å². The van der Waals surface area contributed by atoms with Gasteiger partial charge in [0.1, 0.15) is 6.54 Å². The van der Waals surface area contributed by atoms with Crippen molar-refractivity contribution in [2.45, 2.75) is 0 Å². The van der Waals surface area contributed by atoms with E-state index in [-0.39, 0.29) is 0 Å². The molecule has 18 heavy (non-hydrogen) atoms. The van der Waals surface area contributed by atoms with Crippen LogP contribution in [0, 0.1) is 10.1 Å². The maximum atomic E-state index is 11.6. The first-order valence-electron chi connectivity index (χ1n) is 4.67. The molecule has 0 spiro atoms. The number of aromatic nitrogens is 2. The lowest BCUT2D eigenvalue weighted by molar-refractivity contribution is -0.386. The largest absolute Gasteiger partial charge is 0.480 e. The van der Waals surface area contributed by atoms with Crippen LogP contribution >= 0.6 is 0 Å². The van der Waals surface area contributed by atoms with Crippen LogP contribution < -0.4 is 16.6 Å². The van der Waals surface area contributed by atoms with Crippen LogP contribution in [0.15, 0.2) is 9.59 Å². The zero-order chi connectivity index (χ0) is 14.0. The molecule has 1 heterocycles. The van der Waals surface area contributed by atoms with E-state index in [2.05, 4.69) is 5.32 Å². The highest BCUT2D eigenvalue weighted by Crippen LogP contribution is 2.16. The van der Waals surface area contributed by atoms with Gasteiger partial charge in [-0.25, -0.2) is 4.79 Å². The van der Waals surface area contributed by atoms with Crippen LogP contribution in [0.2, 0.25) is 0 Å². The molecule has 1 aromatic heterocycles. The third kappa shape index (κ3) is 2.21. The summed E-state index contributed by atoms with van der Waals surface area (Å²) in [6, 6.07) is 0. The molecule has 0 aromatic carbocycles. The van der Waals surface area contributed by atoms with Gasteiger partial charge in [-0.2, -0.15) is 0 Å². The molecule has 0 saturated heterocycles. The van der Waals surface area contributed by atoms with Gasteiger partial charge >= 0.3 is 22.9 Å². The van der Waals surface area contributed by atoms with Gasteiger partial charge in [0.05, 0.1) is 4.92 Å². The third-order valence-corrected chi connectivity index (χ3v) is 2.23. The molecule has 0 bridgehead atoms. The van der Waals surface area contributed by atoms with Crippen molar-refractivity contribution in [2.75, 3.05) is 11.9 Å². The highest BCUT2D eigenvalue weighted by Gasteiger charge is 2.25. The van der Waals surface area contributed by atoms with E-state index >= 15 is 0 Å². The minimum absolute atomic E-state index is 0.435. The Bertz CT molecular complexity index is 628. The number of aliphatic carboxylic acids is 1. The molecule has 10 heteroatoms. The van der Waals surface area contributed by atoms with Crippen molar-refractivity contribution in [2.24, 2.45) is 14.1 Å². The Hall–Kier alpha value is -2.65. The second-order valence-corrected chi connectivity index (χ2v) is 3.41. The fourth-order valence-electron chi connectivity index (χ4n) is 1.35. The summed E-state index contributed by atoms with van der Waals surface area (Å²) in [7, 11) is 2.29. The van der Waals surface area contributed by atoms with Gasteiger partial charge in [0.25, 0.3) is 0 Å². The molecule has 0 aliphatic rings. The van der Waals surface area contributed by atoms with Crippen molar-refractivity contribution in [3.05, 3.63) is 31.0 Å². The second-order valence-electron chi connectivity index (χ2n) is 3.41. The molecule has 0 fully saturated rings. The lowest BCUT2D eigenvalue weighted by Gasteiger charge is -2.10. The SMILES string of the molecule is Cn1c(NCC(=O)O)c([N+](=O)[O-])c(=O)n(C)c1=O. The molecule has 1 aromatic rings. The Morgan fingerprint density at radius 1 is 1.39 bits per heavy atom. The number of carbonyl (C=O) groups is 1. The number of nitrogens with one attached hydrogen (secondary N) is 1. The number of hydrogen-bond donors (Lipinski definition) is 2. The first-order valence-corrected chi connectivity index (χ1v) is 4.67. The second kappa shape index (κ2) is 4.69. The fourth-order valence-corrected chi connectivity index (χ4v) is 1.35. The standard InChI is InChI=1S/C8H10N4O6/c1-10-6(9-3-4(13)14)5(12(17)18)7(15)11(2)8(10)16/h9H,3H2,1-2H3,(H,13,14). The van der Waals surface area contributed by atoms with Crippen LogP contribution in [0.1, 0.15) is 0 Å². The molecule has 0 atom stereocenters. The Kier molecular flexibility index (Phi) is 3.50.